The molecule has 2 fully saturated rings. The number of fused-ring (bicyclic) bond motifs is 2. The van der Waals surface area contributed by atoms with Crippen molar-refractivity contribution >= 4 is 47.5 Å². The van der Waals surface area contributed by atoms with Crippen molar-refractivity contribution in [2.24, 2.45) is 5.92 Å². The number of halogens is 2. The van der Waals surface area contributed by atoms with Crippen molar-refractivity contribution in [2.75, 3.05) is 23.0 Å². The number of ether oxygens (including phenoxy) is 1. The molecular formula is C37H41BrFN5O4Si. The molecule has 7 rings (SSSR count). The molecule has 1 spiro atoms. The molecule has 49 heavy (non-hydrogen) atoms. The molecule has 0 radical (unpaired) electrons. The Balaban J connectivity index is 1.17. The standard InChI is InChI=1S/C37H41BrFN5O4Si/c1-24-35(49(2,3)39)33(16-18-42-22-31(40-41-42)29(23-45)26-10-5-4-6-11-26)48-37(24)30-20-27(38)14-15-32(30)44(36(37)47)21-25-9-7-12-28(19-25)43-17-8-13-34(43)46/h4-7,9-12,14-15,19-20,22,24,29,33,35,45H,8,13,16-18,21,23H2,1-3H3/t24-,29?,33+,35-,37+/m1/s1. The van der Waals surface area contributed by atoms with E-state index in [2.05, 4.69) is 26.2 Å². The fourth-order valence-corrected chi connectivity index (χ4v) is 11.2. The first-order chi connectivity index (χ1) is 23.5. The molecule has 1 aromatic heterocycles. The number of hydrogen-bond acceptors (Lipinski definition) is 6. The summed E-state index contributed by atoms with van der Waals surface area (Å²) in [6.45, 7) is 6.66. The average molecular weight is 747 g/mol. The van der Waals surface area contributed by atoms with Gasteiger partial charge in [0.05, 0.1) is 36.6 Å². The summed E-state index contributed by atoms with van der Waals surface area (Å²) in [5.74, 6) is -0.817. The van der Waals surface area contributed by atoms with Crippen LogP contribution in [-0.2, 0) is 33.0 Å². The van der Waals surface area contributed by atoms with Crippen molar-refractivity contribution in [3.63, 3.8) is 0 Å². The molecule has 5 atom stereocenters. The highest BCUT2D eigenvalue weighted by Gasteiger charge is 2.66. The van der Waals surface area contributed by atoms with E-state index in [1.807, 2.05) is 85.9 Å². The molecule has 4 aromatic rings. The van der Waals surface area contributed by atoms with E-state index in [9.17, 15) is 14.7 Å². The minimum atomic E-state index is -3.36. The normalized spacial score (nSPS) is 24.3. The number of aromatic nitrogens is 3. The molecule has 3 aromatic carbocycles. The third-order valence-corrected chi connectivity index (χ3v) is 13.5. The fourth-order valence-electron chi connectivity index (χ4n) is 8.27. The van der Waals surface area contributed by atoms with Crippen LogP contribution in [0, 0.1) is 5.92 Å². The zero-order valence-corrected chi connectivity index (χ0v) is 30.5. The Morgan fingerprint density at radius 2 is 1.90 bits per heavy atom. The molecule has 0 bridgehead atoms. The van der Waals surface area contributed by atoms with Crippen molar-refractivity contribution < 1.29 is 23.5 Å². The smallest absolute Gasteiger partial charge is 0.264 e. The summed E-state index contributed by atoms with van der Waals surface area (Å²) < 4.78 is 25.8. The molecular weight excluding hydrogens is 705 g/mol. The Morgan fingerprint density at radius 1 is 1.10 bits per heavy atom. The molecule has 4 heterocycles. The maximum absolute atomic E-state index is 16.4. The van der Waals surface area contributed by atoms with Gasteiger partial charge in [-0.1, -0.05) is 70.5 Å². The van der Waals surface area contributed by atoms with Gasteiger partial charge in [0, 0.05) is 52.9 Å². The van der Waals surface area contributed by atoms with Crippen LogP contribution in [0.1, 0.15) is 54.5 Å². The average Bonchev–Trinajstić information content (AvgIpc) is 3.84. The molecule has 2 amide bonds. The molecule has 0 aliphatic carbocycles. The number of anilines is 2. The van der Waals surface area contributed by atoms with E-state index in [0.717, 1.165) is 39.0 Å². The number of aliphatic hydroxyl groups excluding tert-OH is 1. The van der Waals surface area contributed by atoms with Crippen LogP contribution < -0.4 is 9.80 Å². The SMILES string of the molecule is C[C@@H]1[C@@H]([Si](C)(C)F)[C@H](CCn2cc(C(CO)c3ccccc3)nn2)O[C@@]12C(=O)N(Cc1cccc(N3CCCC3=O)c1)c1ccc(Br)cc12. The molecule has 2 saturated heterocycles. The van der Waals surface area contributed by atoms with Gasteiger partial charge in [0.15, 0.2) is 5.60 Å². The van der Waals surface area contributed by atoms with Gasteiger partial charge in [-0.15, -0.1) is 5.10 Å². The van der Waals surface area contributed by atoms with Gasteiger partial charge in [0.25, 0.3) is 5.91 Å². The number of benzene rings is 3. The number of nitrogens with zero attached hydrogens (tertiary/aromatic N) is 5. The minimum Gasteiger partial charge on any atom is -0.395 e. The van der Waals surface area contributed by atoms with Crippen LogP contribution in [0.4, 0.5) is 15.5 Å². The number of amides is 2. The molecule has 1 N–H and O–H groups in total. The maximum atomic E-state index is 16.4. The first kappa shape index (κ1) is 33.8. The number of carbonyl (C=O) groups is 2. The molecule has 9 nitrogen and oxygen atoms in total. The Labute approximate surface area is 295 Å². The monoisotopic (exact) mass is 745 g/mol. The molecule has 256 valence electrons. The zero-order valence-electron chi connectivity index (χ0n) is 27.9. The Hall–Kier alpha value is -3.71. The third-order valence-electron chi connectivity index (χ3n) is 10.5. The molecule has 1 unspecified atom stereocenters. The van der Waals surface area contributed by atoms with Gasteiger partial charge in [-0.3, -0.25) is 14.3 Å². The van der Waals surface area contributed by atoms with Crippen LogP contribution in [0.15, 0.2) is 83.5 Å². The summed E-state index contributed by atoms with van der Waals surface area (Å²) in [4.78, 5) is 30.8. The summed E-state index contributed by atoms with van der Waals surface area (Å²) in [6.07, 6.45) is 3.11. The zero-order chi connectivity index (χ0) is 34.5. The van der Waals surface area contributed by atoms with E-state index < -0.39 is 31.6 Å². The van der Waals surface area contributed by atoms with Crippen LogP contribution in [0.5, 0.6) is 0 Å². The number of aryl methyl sites for hydroxylation is 1. The van der Waals surface area contributed by atoms with Gasteiger partial charge in [-0.05, 0) is 67.4 Å². The van der Waals surface area contributed by atoms with Gasteiger partial charge in [0.2, 0.25) is 14.3 Å². The Morgan fingerprint density at radius 3 is 2.61 bits per heavy atom. The highest BCUT2D eigenvalue weighted by atomic mass is 79.9. The largest absolute Gasteiger partial charge is 0.395 e. The topological polar surface area (TPSA) is 101 Å². The first-order valence-electron chi connectivity index (χ1n) is 16.9. The summed E-state index contributed by atoms with van der Waals surface area (Å²) in [6, 6.07) is 23.3. The second kappa shape index (κ2) is 13.2. The number of hydrogen-bond donors (Lipinski definition) is 1. The van der Waals surface area contributed by atoms with Gasteiger partial charge < -0.3 is 23.8 Å². The minimum absolute atomic E-state index is 0.105. The summed E-state index contributed by atoms with van der Waals surface area (Å²) in [5, 5.41) is 18.8. The summed E-state index contributed by atoms with van der Waals surface area (Å²) >= 11 is 3.62. The number of rotatable bonds is 10. The van der Waals surface area contributed by atoms with Gasteiger partial charge in [-0.2, -0.15) is 0 Å². The van der Waals surface area contributed by atoms with E-state index in [1.54, 1.807) is 27.6 Å². The highest BCUT2D eigenvalue weighted by molar-refractivity contribution is 9.10. The molecule has 0 saturated carbocycles. The quantitative estimate of drug-likeness (QED) is 0.143. The number of aliphatic hydroxyl groups is 1. The van der Waals surface area contributed by atoms with Gasteiger partial charge >= 0.3 is 0 Å². The first-order valence-corrected chi connectivity index (χ1v) is 20.7. The van der Waals surface area contributed by atoms with Crippen LogP contribution in [0.3, 0.4) is 0 Å². The van der Waals surface area contributed by atoms with Crippen molar-refractivity contribution in [3.05, 3.63) is 106 Å². The lowest BCUT2D eigenvalue weighted by Gasteiger charge is -2.31. The molecule has 3 aliphatic heterocycles. The maximum Gasteiger partial charge on any atom is 0.264 e. The lowest BCUT2D eigenvalue weighted by atomic mass is 9.82. The lowest BCUT2D eigenvalue weighted by molar-refractivity contribution is -0.146. The van der Waals surface area contributed by atoms with Crippen molar-refractivity contribution in [3.8, 4) is 0 Å². The predicted molar refractivity (Wildman–Crippen MR) is 191 cm³/mol. The van der Waals surface area contributed by atoms with E-state index in [-0.39, 0.29) is 24.3 Å². The van der Waals surface area contributed by atoms with E-state index in [4.69, 9.17) is 4.74 Å². The summed E-state index contributed by atoms with van der Waals surface area (Å²) in [7, 11) is -3.36. The third kappa shape index (κ3) is 6.06. The van der Waals surface area contributed by atoms with E-state index in [0.29, 0.717) is 38.2 Å². The Bertz CT molecular complexity index is 1870. The number of carbonyl (C=O) groups excluding carboxylic acids is 2. The highest BCUT2D eigenvalue weighted by Crippen LogP contribution is 2.60. The Kier molecular flexibility index (Phi) is 9.10. The summed E-state index contributed by atoms with van der Waals surface area (Å²) in [5.41, 5.74) is 3.02. The predicted octanol–water partition coefficient (Wildman–Crippen LogP) is 6.70. The van der Waals surface area contributed by atoms with E-state index in [1.165, 1.54) is 0 Å². The van der Waals surface area contributed by atoms with Crippen LogP contribution >= 0.6 is 15.9 Å². The van der Waals surface area contributed by atoms with Crippen LogP contribution in [0.25, 0.3) is 0 Å². The lowest BCUT2D eigenvalue weighted by Crippen LogP contribution is -2.45. The fraction of sp³-hybridized carbons (Fsp3) is 0.405. The second-order valence-corrected chi connectivity index (χ2v) is 18.7. The van der Waals surface area contributed by atoms with Crippen molar-refractivity contribution in [1.82, 2.24) is 15.0 Å². The molecule has 3 aliphatic rings. The second-order valence-electron chi connectivity index (χ2n) is 14.0. The van der Waals surface area contributed by atoms with Gasteiger partial charge in [-0.25, -0.2) is 0 Å². The van der Waals surface area contributed by atoms with Crippen LogP contribution in [0.2, 0.25) is 18.6 Å². The van der Waals surface area contributed by atoms with Crippen molar-refractivity contribution in [1.29, 1.82) is 0 Å². The van der Waals surface area contributed by atoms with Crippen LogP contribution in [-0.4, -0.2) is 59.6 Å². The molecule has 12 heteroatoms. The van der Waals surface area contributed by atoms with E-state index >= 15 is 4.11 Å². The van der Waals surface area contributed by atoms with Gasteiger partial charge in [0.1, 0.15) is 0 Å². The van der Waals surface area contributed by atoms with Crippen molar-refractivity contribution in [2.45, 2.75) is 75.5 Å².